The van der Waals surface area contributed by atoms with Crippen molar-refractivity contribution in [2.45, 2.75) is 66.4 Å². The first-order chi connectivity index (χ1) is 14.4. The van der Waals surface area contributed by atoms with Gasteiger partial charge in [0.05, 0.1) is 23.2 Å². The molecule has 158 valence electrons. The van der Waals surface area contributed by atoms with Gasteiger partial charge in [-0.1, -0.05) is 32.0 Å². The maximum atomic E-state index is 5.64. The van der Waals surface area contributed by atoms with Gasteiger partial charge in [-0.05, 0) is 58.1 Å². The van der Waals surface area contributed by atoms with Crippen molar-refractivity contribution >= 4 is 27.1 Å². The van der Waals surface area contributed by atoms with E-state index in [0.717, 1.165) is 35.6 Å². The summed E-state index contributed by atoms with van der Waals surface area (Å²) in [7, 11) is 1.77. The van der Waals surface area contributed by atoms with Crippen molar-refractivity contribution in [2.24, 2.45) is 0 Å². The Morgan fingerprint density at radius 3 is 2.50 bits per heavy atom. The summed E-state index contributed by atoms with van der Waals surface area (Å²) < 4.78 is 9.03. The van der Waals surface area contributed by atoms with Crippen molar-refractivity contribution in [3.63, 3.8) is 0 Å². The lowest BCUT2D eigenvalue weighted by atomic mass is 9.95. The van der Waals surface area contributed by atoms with Crippen LogP contribution in [0.2, 0.25) is 0 Å². The van der Waals surface area contributed by atoms with Crippen LogP contribution < -0.4 is 0 Å². The monoisotopic (exact) mass is 421 g/mol. The fraction of sp³-hybridized carbons (Fsp3) is 0.440. The third-order valence-corrected chi connectivity index (χ3v) is 7.45. The highest BCUT2D eigenvalue weighted by Crippen LogP contribution is 2.43. The first-order valence-electron chi connectivity index (χ1n) is 10.8. The molecule has 0 radical (unpaired) electrons. The van der Waals surface area contributed by atoms with Crippen molar-refractivity contribution in [1.29, 1.82) is 0 Å². The Kier molecular flexibility index (Phi) is 5.69. The van der Waals surface area contributed by atoms with E-state index in [2.05, 4.69) is 70.3 Å². The average Bonchev–Trinajstić information content (AvgIpc) is 3.23. The van der Waals surface area contributed by atoms with Gasteiger partial charge in [0.25, 0.3) is 0 Å². The predicted octanol–water partition coefficient (Wildman–Crippen LogP) is 7.15. The SMILES string of the molecule is CCC(CC)c1cc(C)nn2c(-c3c(C)sc4c([C@@H](C)OC)cccc34)c(C)nc12. The van der Waals surface area contributed by atoms with E-state index < -0.39 is 0 Å². The summed E-state index contributed by atoms with van der Waals surface area (Å²) >= 11 is 1.84. The van der Waals surface area contributed by atoms with Gasteiger partial charge in [-0.2, -0.15) is 5.10 Å². The molecule has 5 heteroatoms. The molecule has 4 nitrogen and oxygen atoms in total. The number of thiophene rings is 1. The zero-order valence-corrected chi connectivity index (χ0v) is 19.9. The van der Waals surface area contributed by atoms with E-state index in [-0.39, 0.29) is 6.10 Å². The largest absolute Gasteiger partial charge is 0.377 e. The number of hydrogen-bond acceptors (Lipinski definition) is 4. The van der Waals surface area contributed by atoms with Crippen LogP contribution in [-0.4, -0.2) is 21.7 Å². The summed E-state index contributed by atoms with van der Waals surface area (Å²) in [6.07, 6.45) is 2.27. The quantitative estimate of drug-likeness (QED) is 0.332. The van der Waals surface area contributed by atoms with Gasteiger partial charge in [0.1, 0.15) is 0 Å². The topological polar surface area (TPSA) is 39.4 Å². The van der Waals surface area contributed by atoms with Gasteiger partial charge >= 0.3 is 0 Å². The molecule has 0 aliphatic heterocycles. The molecular formula is C25H31N3OS. The highest BCUT2D eigenvalue weighted by Gasteiger charge is 2.24. The van der Waals surface area contributed by atoms with Gasteiger partial charge in [0.15, 0.2) is 5.65 Å². The van der Waals surface area contributed by atoms with Crippen molar-refractivity contribution in [3.8, 4) is 11.3 Å². The second-order valence-corrected chi connectivity index (χ2v) is 9.40. The maximum absolute atomic E-state index is 5.64. The molecule has 0 bridgehead atoms. The molecule has 0 saturated carbocycles. The molecule has 3 aromatic heterocycles. The highest BCUT2D eigenvalue weighted by molar-refractivity contribution is 7.19. The molecule has 1 aromatic carbocycles. The number of aryl methyl sites for hydroxylation is 3. The van der Waals surface area contributed by atoms with Crippen LogP contribution in [0.5, 0.6) is 0 Å². The fourth-order valence-corrected chi connectivity index (χ4v) is 5.84. The molecule has 4 aromatic rings. The van der Waals surface area contributed by atoms with E-state index in [1.807, 2.05) is 11.3 Å². The highest BCUT2D eigenvalue weighted by atomic mass is 32.1. The van der Waals surface area contributed by atoms with Crippen molar-refractivity contribution in [2.75, 3.05) is 7.11 Å². The average molecular weight is 422 g/mol. The predicted molar refractivity (Wildman–Crippen MR) is 127 cm³/mol. The summed E-state index contributed by atoms with van der Waals surface area (Å²) in [6.45, 7) is 13.0. The van der Waals surface area contributed by atoms with Crippen molar-refractivity contribution in [3.05, 3.63) is 51.7 Å². The molecule has 0 amide bonds. The molecule has 1 atom stereocenters. The van der Waals surface area contributed by atoms with Crippen LogP contribution in [0.3, 0.4) is 0 Å². The van der Waals surface area contributed by atoms with E-state index in [9.17, 15) is 0 Å². The number of benzene rings is 1. The maximum Gasteiger partial charge on any atom is 0.157 e. The molecule has 0 saturated heterocycles. The molecule has 0 N–H and O–H groups in total. The van der Waals surface area contributed by atoms with Gasteiger partial charge < -0.3 is 4.74 Å². The van der Waals surface area contributed by atoms with E-state index >= 15 is 0 Å². The summed E-state index contributed by atoms with van der Waals surface area (Å²) in [6, 6.07) is 8.75. The van der Waals surface area contributed by atoms with Gasteiger partial charge in [0.2, 0.25) is 0 Å². The lowest BCUT2D eigenvalue weighted by Crippen LogP contribution is -2.05. The van der Waals surface area contributed by atoms with Gasteiger partial charge in [-0.25, -0.2) is 9.50 Å². The fourth-order valence-electron chi connectivity index (χ4n) is 4.60. The van der Waals surface area contributed by atoms with Crippen LogP contribution >= 0.6 is 11.3 Å². The Hall–Kier alpha value is -2.24. The van der Waals surface area contributed by atoms with E-state index in [0.29, 0.717) is 5.92 Å². The molecule has 4 rings (SSSR count). The lowest BCUT2D eigenvalue weighted by Gasteiger charge is -2.15. The summed E-state index contributed by atoms with van der Waals surface area (Å²) in [5.74, 6) is 0.498. The van der Waals surface area contributed by atoms with Crippen LogP contribution in [0.4, 0.5) is 0 Å². The Morgan fingerprint density at radius 1 is 1.10 bits per heavy atom. The third kappa shape index (κ3) is 3.25. The molecular weight excluding hydrogens is 390 g/mol. The standard InChI is InChI=1S/C25H31N3OS/c1-8-18(9-2)21-13-14(3)27-28-23(15(4)26-25(21)28)22-17(6)30-24-19(16(5)29-7)11-10-12-20(22)24/h10-13,16,18H,8-9H2,1-7H3/t16-/m1/s1. The number of aromatic nitrogens is 3. The first-order valence-corrected chi connectivity index (χ1v) is 11.6. The van der Waals surface area contributed by atoms with Crippen molar-refractivity contribution < 1.29 is 4.74 Å². The molecule has 3 heterocycles. The molecule has 30 heavy (non-hydrogen) atoms. The van der Waals surface area contributed by atoms with Crippen LogP contribution in [0.15, 0.2) is 24.3 Å². The lowest BCUT2D eigenvalue weighted by molar-refractivity contribution is 0.121. The summed E-state index contributed by atoms with van der Waals surface area (Å²) in [5.41, 5.74) is 7.99. The van der Waals surface area contributed by atoms with Crippen LogP contribution in [0.1, 0.15) is 73.0 Å². The van der Waals surface area contributed by atoms with Gasteiger partial charge in [-0.15, -0.1) is 11.3 Å². The number of hydrogen-bond donors (Lipinski definition) is 0. The van der Waals surface area contributed by atoms with Crippen molar-refractivity contribution in [1.82, 2.24) is 14.6 Å². The number of imidazole rings is 1. The molecule has 0 aliphatic rings. The Balaban J connectivity index is 2.05. The number of methoxy groups -OCH3 is 1. The smallest absolute Gasteiger partial charge is 0.157 e. The van der Waals surface area contributed by atoms with E-state index in [1.54, 1.807) is 7.11 Å². The summed E-state index contributed by atoms with van der Waals surface area (Å²) in [4.78, 5) is 6.32. The van der Waals surface area contributed by atoms with Crippen LogP contribution in [0, 0.1) is 20.8 Å². The minimum atomic E-state index is 0.0599. The number of nitrogens with zero attached hydrogens (tertiary/aromatic N) is 3. The second kappa shape index (κ2) is 8.12. The number of rotatable bonds is 6. The zero-order valence-electron chi connectivity index (χ0n) is 19.0. The zero-order chi connectivity index (χ0) is 21.6. The third-order valence-electron chi connectivity index (χ3n) is 6.28. The van der Waals surface area contributed by atoms with E-state index in [4.69, 9.17) is 14.8 Å². The summed E-state index contributed by atoms with van der Waals surface area (Å²) in [5, 5.41) is 6.18. The normalized spacial score (nSPS) is 13.1. The molecule has 0 spiro atoms. The Labute approximate surface area is 182 Å². The van der Waals surface area contributed by atoms with E-state index in [1.165, 1.54) is 31.7 Å². The Bertz CT molecular complexity index is 1220. The first kappa shape index (κ1) is 21.0. The minimum absolute atomic E-state index is 0.0599. The van der Waals surface area contributed by atoms with Gasteiger partial charge in [0, 0.05) is 33.2 Å². The number of fused-ring (bicyclic) bond motifs is 2. The molecule has 0 unspecified atom stereocenters. The number of ether oxygens (including phenoxy) is 1. The molecule has 0 aliphatic carbocycles. The Morgan fingerprint density at radius 2 is 1.83 bits per heavy atom. The second-order valence-electron chi connectivity index (χ2n) is 8.17. The van der Waals surface area contributed by atoms with Crippen LogP contribution in [0.25, 0.3) is 27.0 Å². The minimum Gasteiger partial charge on any atom is -0.377 e. The van der Waals surface area contributed by atoms with Crippen LogP contribution in [-0.2, 0) is 4.74 Å². The molecule has 0 fully saturated rings. The van der Waals surface area contributed by atoms with Gasteiger partial charge in [-0.3, -0.25) is 0 Å².